The lowest BCUT2D eigenvalue weighted by Gasteiger charge is -2.08. The van der Waals surface area contributed by atoms with E-state index in [0.717, 1.165) is 0 Å². The second-order valence-electron chi connectivity index (χ2n) is 4.42. The minimum Gasteiger partial charge on any atom is -0.324 e. The Morgan fingerprint density at radius 1 is 1.08 bits per heavy atom. The lowest BCUT2D eigenvalue weighted by molar-refractivity contribution is 0.284. The fourth-order valence-electron chi connectivity index (χ4n) is 1.65. The third kappa shape index (κ3) is 6.34. The van der Waals surface area contributed by atoms with E-state index in [9.17, 15) is 16.8 Å². The van der Waals surface area contributed by atoms with Crippen molar-refractivity contribution in [3.05, 3.63) is 34.8 Å². The van der Waals surface area contributed by atoms with Gasteiger partial charge in [0, 0.05) is 5.69 Å². The van der Waals surface area contributed by atoms with Gasteiger partial charge in [-0.2, -0.15) is 23.4 Å². The summed E-state index contributed by atoms with van der Waals surface area (Å²) in [7, 11) is -8.57. The van der Waals surface area contributed by atoms with Crippen LogP contribution in [0.15, 0.2) is 29.2 Å². The van der Waals surface area contributed by atoms with Gasteiger partial charge in [-0.05, 0) is 41.4 Å². The minimum atomic E-state index is -4.71. The van der Waals surface area contributed by atoms with Crippen LogP contribution in [-0.2, 0) is 24.4 Å². The molecule has 0 fully saturated rings. The second kappa shape index (κ2) is 7.76. The van der Waals surface area contributed by atoms with Crippen LogP contribution >= 0.6 is 23.2 Å². The van der Waals surface area contributed by atoms with E-state index in [1.807, 2.05) is 0 Å². The lowest BCUT2D eigenvalue weighted by Crippen LogP contribution is -2.15. The predicted molar refractivity (Wildman–Crippen MR) is 89.1 cm³/mol. The largest absolute Gasteiger partial charge is 0.397 e. The van der Waals surface area contributed by atoms with Gasteiger partial charge >= 0.3 is 10.4 Å². The Hall–Kier alpha value is -1.57. The Morgan fingerprint density at radius 3 is 2.32 bits per heavy atom. The molecule has 0 atom stereocenters. The number of rotatable bonds is 7. The third-order valence-electron chi connectivity index (χ3n) is 2.61. The topological polar surface area (TPSA) is 148 Å². The van der Waals surface area contributed by atoms with Crippen molar-refractivity contribution >= 4 is 55.1 Å². The van der Waals surface area contributed by atoms with E-state index in [0.29, 0.717) is 5.69 Å². The zero-order chi connectivity index (χ0) is 18.7. The molecule has 0 aliphatic heterocycles. The van der Waals surface area contributed by atoms with Crippen LogP contribution in [0, 0.1) is 0 Å². The summed E-state index contributed by atoms with van der Waals surface area (Å²) in [5, 5.41) is 2.43. The van der Waals surface area contributed by atoms with Gasteiger partial charge in [-0.25, -0.2) is 12.6 Å². The highest BCUT2D eigenvalue weighted by Gasteiger charge is 2.17. The molecule has 0 saturated heterocycles. The van der Waals surface area contributed by atoms with Crippen molar-refractivity contribution in [2.24, 2.45) is 0 Å². The molecule has 1 aromatic carbocycles. The minimum absolute atomic E-state index is 0.00857. The number of anilines is 2. The van der Waals surface area contributed by atoms with E-state index in [-0.39, 0.29) is 21.4 Å². The van der Waals surface area contributed by atoms with Gasteiger partial charge in [0.1, 0.15) is 0 Å². The number of hydrogen-bond donors (Lipinski definition) is 2. The van der Waals surface area contributed by atoms with Crippen LogP contribution < -0.4 is 5.32 Å². The molecule has 25 heavy (non-hydrogen) atoms. The zero-order valence-corrected chi connectivity index (χ0v) is 15.3. The Labute approximate surface area is 153 Å². The summed E-state index contributed by atoms with van der Waals surface area (Å²) < 4.78 is 57.7. The fraction of sp³-hybridized carbons (Fsp3) is 0.182. The molecule has 2 rings (SSSR count). The normalized spacial score (nSPS) is 12.1. The molecular formula is C11H10Cl2N4O6S2. The smallest absolute Gasteiger partial charge is 0.324 e. The standard InChI is InChI=1S/C11H10Cl2N4O6S2/c12-9-15-10(13)17-11(16-9)14-7-2-1-3-8(6-7)24(18,19)5-4-23-25(20,21)22/h1-3,6H,4-5H2,(H,20,21,22)(H,14,15,16,17). The summed E-state index contributed by atoms with van der Waals surface area (Å²) in [4.78, 5) is 11.0. The maximum atomic E-state index is 12.2. The highest BCUT2D eigenvalue weighted by atomic mass is 35.5. The average Bonchev–Trinajstić information content (AvgIpc) is 2.44. The van der Waals surface area contributed by atoms with Gasteiger partial charge in [-0.1, -0.05) is 6.07 Å². The van der Waals surface area contributed by atoms with Gasteiger partial charge in [-0.3, -0.25) is 4.55 Å². The first-order valence-electron chi connectivity index (χ1n) is 6.34. The zero-order valence-electron chi connectivity index (χ0n) is 12.1. The van der Waals surface area contributed by atoms with Crippen LogP contribution in [0.1, 0.15) is 0 Å². The number of hydrogen-bond acceptors (Lipinski definition) is 9. The van der Waals surface area contributed by atoms with Crippen molar-refractivity contribution in [1.82, 2.24) is 15.0 Å². The monoisotopic (exact) mass is 428 g/mol. The van der Waals surface area contributed by atoms with Crippen LogP contribution in [0.25, 0.3) is 0 Å². The molecule has 0 aliphatic carbocycles. The summed E-state index contributed by atoms with van der Waals surface area (Å²) in [5.74, 6) is -0.645. The molecule has 1 heterocycles. The molecule has 10 nitrogen and oxygen atoms in total. The summed E-state index contributed by atoms with van der Waals surface area (Å²) in [6, 6.07) is 5.57. The molecule has 0 saturated carbocycles. The molecule has 0 amide bonds. The fourth-order valence-corrected chi connectivity index (χ4v) is 3.54. The van der Waals surface area contributed by atoms with Crippen molar-refractivity contribution in [3.63, 3.8) is 0 Å². The molecule has 0 bridgehead atoms. The van der Waals surface area contributed by atoms with Crippen molar-refractivity contribution in [3.8, 4) is 0 Å². The Morgan fingerprint density at radius 2 is 1.72 bits per heavy atom. The molecule has 2 N–H and O–H groups in total. The highest BCUT2D eigenvalue weighted by molar-refractivity contribution is 7.91. The van der Waals surface area contributed by atoms with E-state index >= 15 is 0 Å². The van der Waals surface area contributed by atoms with Gasteiger partial charge in [0.25, 0.3) is 0 Å². The third-order valence-corrected chi connectivity index (χ3v) is 5.09. The molecule has 136 valence electrons. The summed E-state index contributed by atoms with van der Waals surface area (Å²) >= 11 is 11.3. The van der Waals surface area contributed by atoms with Crippen molar-refractivity contribution in [1.29, 1.82) is 0 Å². The Kier molecular flexibility index (Phi) is 6.13. The SMILES string of the molecule is O=S(=O)(O)OCCS(=O)(=O)c1cccc(Nc2nc(Cl)nc(Cl)n2)c1. The molecule has 0 unspecified atom stereocenters. The van der Waals surface area contributed by atoms with Crippen LogP contribution in [0.4, 0.5) is 11.6 Å². The van der Waals surface area contributed by atoms with E-state index in [1.165, 1.54) is 18.2 Å². The van der Waals surface area contributed by atoms with Gasteiger partial charge in [-0.15, -0.1) is 0 Å². The highest BCUT2D eigenvalue weighted by Crippen LogP contribution is 2.20. The van der Waals surface area contributed by atoms with Crippen molar-refractivity contribution in [2.75, 3.05) is 17.7 Å². The maximum absolute atomic E-state index is 12.2. The second-order valence-corrected chi connectivity index (χ2v) is 8.29. The van der Waals surface area contributed by atoms with Gasteiger partial charge < -0.3 is 5.32 Å². The van der Waals surface area contributed by atoms with Crippen LogP contribution in [-0.4, -0.2) is 48.7 Å². The van der Waals surface area contributed by atoms with E-state index < -0.39 is 32.6 Å². The first kappa shape index (κ1) is 19.8. The number of benzene rings is 1. The molecule has 14 heteroatoms. The van der Waals surface area contributed by atoms with Crippen molar-refractivity contribution in [2.45, 2.75) is 4.90 Å². The molecule has 0 radical (unpaired) electrons. The first-order chi connectivity index (χ1) is 11.5. The number of halogens is 2. The quantitative estimate of drug-likeness (QED) is 0.621. The maximum Gasteiger partial charge on any atom is 0.397 e. The van der Waals surface area contributed by atoms with E-state index in [1.54, 1.807) is 6.07 Å². The van der Waals surface area contributed by atoms with Crippen LogP contribution in [0.3, 0.4) is 0 Å². The first-order valence-corrected chi connectivity index (χ1v) is 10.1. The average molecular weight is 429 g/mol. The van der Waals surface area contributed by atoms with Gasteiger partial charge in [0.2, 0.25) is 16.5 Å². The molecule has 1 aromatic heterocycles. The summed E-state index contributed by atoms with van der Waals surface area (Å²) in [6.07, 6.45) is 0. The van der Waals surface area contributed by atoms with Crippen LogP contribution in [0.5, 0.6) is 0 Å². The number of nitrogens with one attached hydrogen (secondary N) is 1. The van der Waals surface area contributed by atoms with Gasteiger partial charge in [0.15, 0.2) is 9.84 Å². The molecule has 0 aliphatic rings. The molecular weight excluding hydrogens is 419 g/mol. The molecule has 2 aromatic rings. The van der Waals surface area contributed by atoms with Crippen LogP contribution in [0.2, 0.25) is 10.6 Å². The number of nitrogens with zero attached hydrogens (tertiary/aromatic N) is 3. The Balaban J connectivity index is 2.17. The lowest BCUT2D eigenvalue weighted by atomic mass is 10.3. The van der Waals surface area contributed by atoms with E-state index in [4.69, 9.17) is 27.8 Å². The predicted octanol–water partition coefficient (Wildman–Crippen LogP) is 1.52. The molecule has 0 spiro atoms. The van der Waals surface area contributed by atoms with Gasteiger partial charge in [0.05, 0.1) is 17.3 Å². The number of sulfone groups is 1. The van der Waals surface area contributed by atoms with Crippen molar-refractivity contribution < 1.29 is 25.6 Å². The Bertz CT molecular complexity index is 964. The summed E-state index contributed by atoms with van der Waals surface area (Å²) in [6.45, 7) is -0.725. The van der Waals surface area contributed by atoms with E-state index in [2.05, 4.69) is 24.5 Å². The number of aromatic nitrogens is 3. The summed E-state index contributed by atoms with van der Waals surface area (Å²) in [5.41, 5.74) is 0.315.